The molecular formula is C36H46N4O. The Morgan fingerprint density at radius 1 is 0.634 bits per heavy atom. The third kappa shape index (κ3) is 4.45. The lowest BCUT2D eigenvalue weighted by atomic mass is 9.97. The maximum atomic E-state index is 14.1. The second-order valence-corrected chi connectivity index (χ2v) is 11.0. The van der Waals surface area contributed by atoms with Gasteiger partial charge in [-0.05, 0) is 92.9 Å². The minimum Gasteiger partial charge on any atom is -0.355 e. The Balaban J connectivity index is 2.05. The van der Waals surface area contributed by atoms with Gasteiger partial charge >= 0.3 is 0 Å². The Labute approximate surface area is 245 Å². The number of carbonyl (C=O) groups is 1. The summed E-state index contributed by atoms with van der Waals surface area (Å²) < 4.78 is 2.53. The van der Waals surface area contributed by atoms with E-state index in [-0.39, 0.29) is 5.78 Å². The van der Waals surface area contributed by atoms with Gasteiger partial charge in [-0.25, -0.2) is 4.99 Å². The molecule has 5 rings (SSSR count). The molecule has 0 aromatic carbocycles. The van der Waals surface area contributed by atoms with Crippen molar-refractivity contribution in [3.8, 4) is 0 Å². The number of carbonyl (C=O) groups excluding carboxylic acids is 1. The lowest BCUT2D eigenvalue weighted by molar-refractivity contribution is -0.112. The summed E-state index contributed by atoms with van der Waals surface area (Å²) in [7, 11) is 0. The van der Waals surface area contributed by atoms with E-state index in [1.165, 1.54) is 38.5 Å². The molecule has 2 N–H and O–H groups in total. The van der Waals surface area contributed by atoms with Gasteiger partial charge in [-0.1, -0.05) is 48.5 Å². The van der Waals surface area contributed by atoms with Gasteiger partial charge in [-0.15, -0.1) is 0 Å². The lowest BCUT2D eigenvalue weighted by Gasteiger charge is -2.15. The summed E-state index contributed by atoms with van der Waals surface area (Å²) in [4.78, 5) is 23.0. The molecule has 8 bridgehead atoms. The van der Waals surface area contributed by atoms with Crippen molar-refractivity contribution in [2.24, 2.45) is 4.99 Å². The van der Waals surface area contributed by atoms with Crippen LogP contribution in [-0.2, 0) is 24.2 Å². The van der Waals surface area contributed by atoms with Crippen molar-refractivity contribution >= 4 is 33.8 Å². The summed E-state index contributed by atoms with van der Waals surface area (Å²) in [6.07, 6.45) is 10.4. The van der Waals surface area contributed by atoms with E-state index < -0.39 is 0 Å². The van der Waals surface area contributed by atoms with Gasteiger partial charge < -0.3 is 14.9 Å². The number of Topliss-reactive ketones (excluding diaryl/α,β-unsaturated/α-hetero) is 1. The van der Waals surface area contributed by atoms with Crippen LogP contribution in [0.2, 0.25) is 0 Å². The SMILES string of the molecule is CCC1=C2NC(=C(CC)c3ccc([nH]3)C(CC)=C3C=CC(=N3)C(CC)=c3c(CC)c(CC)c(n3CC)=C2CC)C1=O. The first-order chi connectivity index (χ1) is 19.9. The molecule has 0 aliphatic carbocycles. The van der Waals surface area contributed by atoms with Crippen molar-refractivity contribution in [3.05, 3.63) is 80.2 Å². The highest BCUT2D eigenvalue weighted by Crippen LogP contribution is 2.35. The fourth-order valence-electron chi connectivity index (χ4n) is 7.21. The molecule has 41 heavy (non-hydrogen) atoms. The van der Waals surface area contributed by atoms with Crippen LogP contribution in [0.5, 0.6) is 0 Å². The predicted molar refractivity (Wildman–Crippen MR) is 173 cm³/mol. The van der Waals surface area contributed by atoms with Gasteiger partial charge in [0.05, 0.1) is 28.2 Å². The molecular weight excluding hydrogens is 504 g/mol. The van der Waals surface area contributed by atoms with Crippen LogP contribution in [0.15, 0.2) is 51.9 Å². The standard InChI is InChI=1S/C36H46N4O/c1-9-21-22(10-2)35-26(14-6)32-27(15-7)36(41)33(39-32)24(12-4)30-19-17-28(37-30)23(11-3)29-18-20-31(38-29)25(13-5)34(21)40(35)16-8/h17-20,37,39H,9-16H2,1-8H3. The maximum absolute atomic E-state index is 14.1. The molecule has 5 heteroatoms. The molecule has 216 valence electrons. The number of nitrogens with one attached hydrogen (secondary N) is 2. The predicted octanol–water partition coefficient (Wildman–Crippen LogP) is 6.89. The Morgan fingerprint density at radius 3 is 1.73 bits per heavy atom. The van der Waals surface area contributed by atoms with Crippen molar-refractivity contribution in [1.29, 1.82) is 0 Å². The normalized spacial score (nSPS) is 17.0. The van der Waals surface area contributed by atoms with E-state index in [1.54, 1.807) is 0 Å². The number of aromatic nitrogens is 2. The molecule has 0 saturated carbocycles. The Kier molecular flexibility index (Phi) is 8.26. The average Bonchev–Trinajstić information content (AvgIpc) is 3.77. The number of H-pyrrole nitrogens is 1. The highest BCUT2D eigenvalue weighted by Gasteiger charge is 2.32. The van der Waals surface area contributed by atoms with Crippen LogP contribution in [0.25, 0.3) is 22.3 Å². The smallest absolute Gasteiger partial charge is 0.207 e. The van der Waals surface area contributed by atoms with Crippen LogP contribution in [0, 0.1) is 0 Å². The molecule has 0 unspecified atom stereocenters. The first kappa shape index (κ1) is 28.9. The third-order valence-corrected chi connectivity index (χ3v) is 9.09. The second kappa shape index (κ2) is 11.7. The number of rotatable bonds is 8. The van der Waals surface area contributed by atoms with Crippen LogP contribution in [0.3, 0.4) is 0 Å². The van der Waals surface area contributed by atoms with Crippen molar-refractivity contribution in [3.63, 3.8) is 0 Å². The molecule has 0 fully saturated rings. The lowest BCUT2D eigenvalue weighted by Crippen LogP contribution is -2.33. The number of ketones is 1. The summed E-state index contributed by atoms with van der Waals surface area (Å²) >= 11 is 0. The largest absolute Gasteiger partial charge is 0.355 e. The van der Waals surface area contributed by atoms with Crippen LogP contribution < -0.4 is 16.0 Å². The minimum absolute atomic E-state index is 0.136. The third-order valence-electron chi connectivity index (χ3n) is 9.09. The zero-order valence-corrected chi connectivity index (χ0v) is 26.3. The van der Waals surface area contributed by atoms with E-state index in [0.717, 1.165) is 90.4 Å². The number of aliphatic imine (C=N–C) groups is 1. The van der Waals surface area contributed by atoms with Crippen LogP contribution in [0.1, 0.15) is 110 Å². The monoisotopic (exact) mass is 550 g/mol. The number of fused-ring (bicyclic) bond motifs is 7. The van der Waals surface area contributed by atoms with Crippen molar-refractivity contribution < 1.29 is 4.79 Å². The zero-order valence-electron chi connectivity index (χ0n) is 26.3. The summed E-state index contributed by atoms with van der Waals surface area (Å²) in [5.41, 5.74) is 14.4. The molecule has 0 spiro atoms. The molecule has 0 saturated heterocycles. The van der Waals surface area contributed by atoms with Gasteiger partial charge in [0.1, 0.15) is 0 Å². The summed E-state index contributed by atoms with van der Waals surface area (Å²) in [5, 5.41) is 6.34. The van der Waals surface area contributed by atoms with E-state index >= 15 is 0 Å². The summed E-state index contributed by atoms with van der Waals surface area (Å²) in [6.45, 7) is 18.6. The number of hydrogen-bond donors (Lipinski definition) is 2. The van der Waals surface area contributed by atoms with E-state index in [1.807, 2.05) is 0 Å². The number of allylic oxidation sites excluding steroid dienone is 6. The quantitative estimate of drug-likeness (QED) is 0.376. The molecule has 0 radical (unpaired) electrons. The van der Waals surface area contributed by atoms with Gasteiger partial charge in [0.15, 0.2) is 0 Å². The van der Waals surface area contributed by atoms with Crippen LogP contribution in [-0.4, -0.2) is 21.0 Å². The fraction of sp³-hybridized carbons (Fsp3) is 0.444. The van der Waals surface area contributed by atoms with Gasteiger partial charge in [0.25, 0.3) is 0 Å². The number of nitrogens with zero attached hydrogens (tertiary/aromatic N) is 2. The van der Waals surface area contributed by atoms with E-state index in [2.05, 4.69) is 94.5 Å². The van der Waals surface area contributed by atoms with E-state index in [0.29, 0.717) is 6.42 Å². The number of aromatic amines is 1. The maximum Gasteiger partial charge on any atom is 0.207 e. The first-order valence-electron chi connectivity index (χ1n) is 15.9. The summed E-state index contributed by atoms with van der Waals surface area (Å²) in [6, 6.07) is 4.28. The van der Waals surface area contributed by atoms with Gasteiger partial charge in [0.2, 0.25) is 5.78 Å². The van der Waals surface area contributed by atoms with Crippen LogP contribution >= 0.6 is 0 Å². The van der Waals surface area contributed by atoms with E-state index in [4.69, 9.17) is 4.99 Å². The zero-order chi connectivity index (χ0) is 29.4. The number of hydrogen-bond acceptors (Lipinski definition) is 3. The first-order valence-corrected chi connectivity index (χ1v) is 15.9. The molecule has 2 aromatic rings. The fourth-order valence-corrected chi connectivity index (χ4v) is 7.21. The topological polar surface area (TPSA) is 62.2 Å². The Morgan fingerprint density at radius 2 is 1.20 bits per heavy atom. The second-order valence-electron chi connectivity index (χ2n) is 11.0. The van der Waals surface area contributed by atoms with Crippen molar-refractivity contribution in [2.45, 2.75) is 107 Å². The molecule has 3 aliphatic rings. The van der Waals surface area contributed by atoms with Gasteiger partial charge in [0, 0.05) is 45.6 Å². The van der Waals surface area contributed by atoms with E-state index in [9.17, 15) is 4.79 Å². The molecule has 0 amide bonds. The van der Waals surface area contributed by atoms with Crippen molar-refractivity contribution in [2.75, 3.05) is 0 Å². The average molecular weight is 551 g/mol. The molecule has 5 heterocycles. The Hall–Kier alpha value is -3.60. The van der Waals surface area contributed by atoms with Crippen molar-refractivity contribution in [1.82, 2.24) is 14.9 Å². The molecule has 0 atom stereocenters. The highest BCUT2D eigenvalue weighted by molar-refractivity contribution is 6.26. The van der Waals surface area contributed by atoms with Gasteiger partial charge in [-0.2, -0.15) is 0 Å². The molecule has 5 nitrogen and oxygen atoms in total. The highest BCUT2D eigenvalue weighted by atomic mass is 16.1. The van der Waals surface area contributed by atoms with Crippen LogP contribution in [0.4, 0.5) is 0 Å². The molecule has 3 aliphatic heterocycles. The Bertz CT molecular complexity index is 1690. The summed E-state index contributed by atoms with van der Waals surface area (Å²) in [5.74, 6) is 0.136. The minimum atomic E-state index is 0.136. The molecule has 2 aromatic heterocycles. The van der Waals surface area contributed by atoms with Gasteiger partial charge in [-0.3, -0.25) is 4.79 Å².